The van der Waals surface area contributed by atoms with Crippen molar-refractivity contribution in [3.8, 4) is 0 Å². The Balaban J connectivity index is 2.09. The van der Waals surface area contributed by atoms with Crippen LogP contribution in [0.15, 0.2) is 24.5 Å². The lowest BCUT2D eigenvalue weighted by Gasteiger charge is -2.31. The first-order valence-electron chi connectivity index (χ1n) is 5.99. The quantitative estimate of drug-likeness (QED) is 0.784. The zero-order valence-electron chi connectivity index (χ0n) is 10.3. The highest BCUT2D eigenvalue weighted by atomic mass is 16.5. The van der Waals surface area contributed by atoms with Crippen molar-refractivity contribution < 1.29 is 9.53 Å². The van der Waals surface area contributed by atoms with Crippen LogP contribution in [0.25, 0.3) is 0 Å². The molecule has 2 unspecified atom stereocenters. The van der Waals surface area contributed by atoms with Crippen LogP contribution in [0.5, 0.6) is 0 Å². The fraction of sp³-hybridized carbons (Fsp3) is 0.538. The van der Waals surface area contributed by atoms with E-state index < -0.39 is 0 Å². The standard InChI is InChI=1S/C13H18N2O2/c1-10-12(6-4-8-17-10)13(16)15(2)11-5-3-7-14-9-11/h3,5,7,9-10,12H,4,6,8H2,1-2H3. The summed E-state index contributed by atoms with van der Waals surface area (Å²) in [5.74, 6) is 0.0826. The monoisotopic (exact) mass is 234 g/mol. The van der Waals surface area contributed by atoms with E-state index in [1.165, 1.54) is 0 Å². The van der Waals surface area contributed by atoms with Gasteiger partial charge in [-0.3, -0.25) is 9.78 Å². The van der Waals surface area contributed by atoms with Crippen molar-refractivity contribution in [3.05, 3.63) is 24.5 Å². The number of nitrogens with zero attached hydrogens (tertiary/aromatic N) is 2. The third-order valence-electron chi connectivity index (χ3n) is 3.29. The molecule has 0 aromatic carbocycles. The van der Waals surface area contributed by atoms with Crippen LogP contribution >= 0.6 is 0 Å². The molecule has 17 heavy (non-hydrogen) atoms. The van der Waals surface area contributed by atoms with Crippen molar-refractivity contribution in [2.45, 2.75) is 25.9 Å². The van der Waals surface area contributed by atoms with Gasteiger partial charge in [0.2, 0.25) is 5.91 Å². The zero-order chi connectivity index (χ0) is 12.3. The second kappa shape index (κ2) is 5.27. The Hall–Kier alpha value is -1.42. The van der Waals surface area contributed by atoms with Gasteiger partial charge in [0.25, 0.3) is 0 Å². The van der Waals surface area contributed by atoms with E-state index in [1.807, 2.05) is 19.1 Å². The molecule has 4 heteroatoms. The molecule has 1 aliphatic rings. The van der Waals surface area contributed by atoms with Crippen molar-refractivity contribution >= 4 is 11.6 Å². The van der Waals surface area contributed by atoms with E-state index in [0.29, 0.717) is 0 Å². The molecule has 1 amide bonds. The van der Waals surface area contributed by atoms with Gasteiger partial charge in [0, 0.05) is 19.9 Å². The van der Waals surface area contributed by atoms with E-state index >= 15 is 0 Å². The minimum atomic E-state index is -0.0334. The number of anilines is 1. The first-order valence-corrected chi connectivity index (χ1v) is 5.99. The normalized spacial score (nSPS) is 24.4. The number of pyridine rings is 1. The second-order valence-electron chi connectivity index (χ2n) is 4.43. The summed E-state index contributed by atoms with van der Waals surface area (Å²) in [7, 11) is 1.79. The number of hydrogen-bond donors (Lipinski definition) is 0. The van der Waals surface area contributed by atoms with E-state index in [4.69, 9.17) is 4.74 Å². The van der Waals surface area contributed by atoms with Gasteiger partial charge in [-0.1, -0.05) is 0 Å². The fourth-order valence-electron chi connectivity index (χ4n) is 2.18. The van der Waals surface area contributed by atoms with Crippen LogP contribution in [0.1, 0.15) is 19.8 Å². The lowest BCUT2D eigenvalue weighted by atomic mass is 9.94. The van der Waals surface area contributed by atoms with Crippen LogP contribution in [0.2, 0.25) is 0 Å². The van der Waals surface area contributed by atoms with E-state index in [2.05, 4.69) is 4.98 Å². The molecule has 1 saturated heterocycles. The molecule has 0 saturated carbocycles. The van der Waals surface area contributed by atoms with Gasteiger partial charge in [0.15, 0.2) is 0 Å². The molecule has 2 atom stereocenters. The summed E-state index contributed by atoms with van der Waals surface area (Å²) in [6, 6.07) is 3.72. The van der Waals surface area contributed by atoms with Crippen LogP contribution in [0.3, 0.4) is 0 Å². The lowest BCUT2D eigenvalue weighted by Crippen LogP contribution is -2.41. The summed E-state index contributed by atoms with van der Waals surface area (Å²) in [5.41, 5.74) is 0.829. The number of carbonyl (C=O) groups excluding carboxylic acids is 1. The molecule has 1 aromatic rings. The summed E-state index contributed by atoms with van der Waals surface area (Å²) < 4.78 is 5.53. The van der Waals surface area contributed by atoms with Gasteiger partial charge in [0.1, 0.15) is 0 Å². The Morgan fingerprint density at radius 3 is 3.06 bits per heavy atom. The van der Waals surface area contributed by atoms with E-state index in [1.54, 1.807) is 24.3 Å². The van der Waals surface area contributed by atoms with Crippen LogP contribution < -0.4 is 4.90 Å². The maximum Gasteiger partial charge on any atom is 0.232 e. The SMILES string of the molecule is CC1OCCCC1C(=O)N(C)c1cccnc1. The summed E-state index contributed by atoms with van der Waals surface area (Å²) in [6.07, 6.45) is 5.28. The van der Waals surface area contributed by atoms with Crippen molar-refractivity contribution in [1.29, 1.82) is 0 Å². The molecule has 0 N–H and O–H groups in total. The van der Waals surface area contributed by atoms with Gasteiger partial charge in [-0.15, -0.1) is 0 Å². The Morgan fingerprint density at radius 1 is 1.59 bits per heavy atom. The summed E-state index contributed by atoms with van der Waals surface area (Å²) >= 11 is 0. The molecule has 92 valence electrons. The number of aromatic nitrogens is 1. The predicted molar refractivity (Wildman–Crippen MR) is 65.8 cm³/mol. The molecule has 0 spiro atoms. The second-order valence-corrected chi connectivity index (χ2v) is 4.43. The van der Waals surface area contributed by atoms with Crippen molar-refractivity contribution in [2.75, 3.05) is 18.6 Å². The Kier molecular flexibility index (Phi) is 3.74. The molecule has 4 nitrogen and oxygen atoms in total. The van der Waals surface area contributed by atoms with Gasteiger partial charge in [-0.25, -0.2) is 0 Å². The first-order chi connectivity index (χ1) is 8.20. The van der Waals surface area contributed by atoms with Gasteiger partial charge in [-0.2, -0.15) is 0 Å². The fourth-order valence-corrected chi connectivity index (χ4v) is 2.18. The number of rotatable bonds is 2. The molecule has 1 fully saturated rings. The molecule has 0 aliphatic carbocycles. The summed E-state index contributed by atoms with van der Waals surface area (Å²) in [5, 5.41) is 0. The molecule has 2 rings (SSSR count). The predicted octanol–water partition coefficient (Wildman–Crippen LogP) is 1.86. The smallest absolute Gasteiger partial charge is 0.232 e. The average Bonchev–Trinajstić information content (AvgIpc) is 2.39. The van der Waals surface area contributed by atoms with Crippen LogP contribution in [-0.4, -0.2) is 30.6 Å². The van der Waals surface area contributed by atoms with Gasteiger partial charge in [0.05, 0.1) is 23.9 Å². The van der Waals surface area contributed by atoms with Crippen LogP contribution in [0, 0.1) is 5.92 Å². The highest BCUT2D eigenvalue weighted by Crippen LogP contribution is 2.24. The maximum atomic E-state index is 12.3. The third-order valence-corrected chi connectivity index (χ3v) is 3.29. The van der Waals surface area contributed by atoms with Crippen LogP contribution in [-0.2, 0) is 9.53 Å². The number of carbonyl (C=O) groups is 1. The van der Waals surface area contributed by atoms with Gasteiger partial charge >= 0.3 is 0 Å². The van der Waals surface area contributed by atoms with E-state index in [0.717, 1.165) is 25.1 Å². The number of amides is 1. The van der Waals surface area contributed by atoms with Crippen molar-refractivity contribution in [1.82, 2.24) is 4.98 Å². The largest absolute Gasteiger partial charge is 0.378 e. The minimum Gasteiger partial charge on any atom is -0.378 e. The third kappa shape index (κ3) is 2.64. The molecule has 2 heterocycles. The Labute approximate surface area is 102 Å². The number of ether oxygens (including phenoxy) is 1. The Morgan fingerprint density at radius 2 is 2.41 bits per heavy atom. The van der Waals surface area contributed by atoms with Gasteiger partial charge < -0.3 is 9.64 Å². The lowest BCUT2D eigenvalue weighted by molar-refractivity contribution is -0.130. The molecule has 1 aromatic heterocycles. The summed E-state index contributed by atoms with van der Waals surface area (Å²) in [6.45, 7) is 2.74. The zero-order valence-corrected chi connectivity index (χ0v) is 10.3. The average molecular weight is 234 g/mol. The van der Waals surface area contributed by atoms with E-state index in [-0.39, 0.29) is 17.9 Å². The highest BCUT2D eigenvalue weighted by molar-refractivity contribution is 5.94. The molecule has 0 radical (unpaired) electrons. The molecule has 0 bridgehead atoms. The van der Waals surface area contributed by atoms with Gasteiger partial charge in [-0.05, 0) is 31.9 Å². The van der Waals surface area contributed by atoms with Crippen LogP contribution in [0.4, 0.5) is 5.69 Å². The first kappa shape index (κ1) is 12.0. The summed E-state index contributed by atoms with van der Waals surface area (Å²) in [4.78, 5) is 18.0. The Bertz CT molecular complexity index is 380. The molecule has 1 aliphatic heterocycles. The molecular weight excluding hydrogens is 216 g/mol. The maximum absolute atomic E-state index is 12.3. The minimum absolute atomic E-state index is 0.00960. The number of hydrogen-bond acceptors (Lipinski definition) is 3. The van der Waals surface area contributed by atoms with Crippen molar-refractivity contribution in [3.63, 3.8) is 0 Å². The highest BCUT2D eigenvalue weighted by Gasteiger charge is 2.31. The molecular formula is C13H18N2O2. The van der Waals surface area contributed by atoms with E-state index in [9.17, 15) is 4.79 Å². The topological polar surface area (TPSA) is 42.4 Å². The van der Waals surface area contributed by atoms with Crippen molar-refractivity contribution in [2.24, 2.45) is 5.92 Å².